The van der Waals surface area contributed by atoms with E-state index in [0.717, 1.165) is 13.8 Å². The first-order valence-electron chi connectivity index (χ1n) is 24.6. The molecule has 6 heterocycles. The summed E-state index contributed by atoms with van der Waals surface area (Å²) < 4.78 is 62.9. The molecule has 0 radical (unpaired) electrons. The summed E-state index contributed by atoms with van der Waals surface area (Å²) in [7, 11) is 0. The second-order valence-corrected chi connectivity index (χ2v) is 19.6. The zero-order valence-corrected chi connectivity index (χ0v) is 41.8. The first kappa shape index (κ1) is 64.4. The molecule has 452 valence electrons. The average Bonchev–Trinajstić information content (AvgIpc) is 3.46. The van der Waals surface area contributed by atoms with Gasteiger partial charge in [-0.25, -0.2) is 4.79 Å². The van der Waals surface area contributed by atoms with Gasteiger partial charge in [0.2, 0.25) is 11.8 Å². The van der Waals surface area contributed by atoms with Crippen LogP contribution in [0.2, 0.25) is 0 Å². The molecule has 6 fully saturated rings. The highest BCUT2D eigenvalue weighted by molar-refractivity contribution is 5.76. The highest BCUT2D eigenvalue weighted by atomic mass is 16.8. The van der Waals surface area contributed by atoms with E-state index in [1.165, 1.54) is 6.92 Å². The number of nitrogens with one attached hydrogen (secondary N) is 2. The molecule has 6 aliphatic rings. The second-order valence-electron chi connectivity index (χ2n) is 19.6. The Morgan fingerprint density at radius 3 is 1.51 bits per heavy atom. The zero-order valence-electron chi connectivity index (χ0n) is 41.8. The van der Waals surface area contributed by atoms with Crippen molar-refractivity contribution in [1.82, 2.24) is 10.6 Å². The predicted molar refractivity (Wildman–Crippen MR) is 238 cm³/mol. The Morgan fingerprint density at radius 1 is 0.526 bits per heavy atom. The van der Waals surface area contributed by atoms with Gasteiger partial charge >= 0.3 is 5.97 Å². The number of carboxylic acid groups (broad SMARTS) is 1. The largest absolute Gasteiger partial charge is 0.477 e. The topological polar surface area (TPSA) is 561 Å². The van der Waals surface area contributed by atoms with E-state index in [4.69, 9.17) is 52.1 Å². The Balaban J connectivity index is 1.29. The normalized spacial score (nSPS) is 48.1. The van der Waals surface area contributed by atoms with Crippen LogP contribution in [0.4, 0.5) is 0 Å². The third-order valence-corrected chi connectivity index (χ3v) is 14.2. The van der Waals surface area contributed by atoms with Crippen LogP contribution < -0.4 is 10.6 Å². The summed E-state index contributed by atoms with van der Waals surface area (Å²) in [6.07, 6.45) is -57.6. The zero-order chi connectivity index (χ0) is 58.0. The van der Waals surface area contributed by atoms with Crippen LogP contribution in [0.15, 0.2) is 0 Å². The van der Waals surface area contributed by atoms with Gasteiger partial charge in [-0.05, 0) is 6.92 Å². The van der Waals surface area contributed by atoms with E-state index in [1.807, 2.05) is 0 Å². The molecule has 0 aliphatic carbocycles. The Hall–Kier alpha value is -2.75. The quantitative estimate of drug-likeness (QED) is 0.0538. The van der Waals surface area contributed by atoms with E-state index < -0.39 is 247 Å². The molecule has 78 heavy (non-hydrogen) atoms. The third kappa shape index (κ3) is 13.5. The number of aliphatic hydroxyl groups excluding tert-OH is 18. The number of amides is 2. The molecule has 0 aromatic heterocycles. The minimum Gasteiger partial charge on any atom is -0.477 e. The maximum atomic E-state index is 13.1. The number of aliphatic hydroxyl groups is 18. The van der Waals surface area contributed by atoms with Gasteiger partial charge in [0.1, 0.15) is 134 Å². The number of hydrogen-bond donors (Lipinski definition) is 21. The number of carbonyl (C=O) groups excluding carboxylic acids is 2. The summed E-state index contributed by atoms with van der Waals surface area (Å²) in [6, 6.07) is -3.60. The van der Waals surface area contributed by atoms with Crippen LogP contribution in [0, 0.1) is 0 Å². The molecule has 35 nitrogen and oxygen atoms in total. The number of aliphatic carboxylic acids is 1. The molecule has 0 unspecified atom stereocenters. The Labute approximate surface area is 441 Å². The molecule has 6 aliphatic heterocycles. The number of carboxylic acids is 1. The molecule has 0 saturated carbocycles. The van der Waals surface area contributed by atoms with Gasteiger partial charge in [-0.2, -0.15) is 0 Å². The summed E-state index contributed by atoms with van der Waals surface area (Å²) in [5, 5.41) is 209. The molecular weight excluding hydrogens is 1070 g/mol. The molecule has 31 atom stereocenters. The average molecular weight is 1150 g/mol. The van der Waals surface area contributed by atoms with Gasteiger partial charge in [-0.15, -0.1) is 0 Å². The summed E-state index contributed by atoms with van der Waals surface area (Å²) in [5.74, 6) is -7.10. The monoisotopic (exact) mass is 1140 g/mol. The SMILES string of the molecule is CC(=O)N[C@H]1[C@H](O[C@H]2[C@@H](O)[C@@H](CO)O[C@@H](O[C@H]3[C@H](O[C@@H]4O[C@@H](C)[C@@H](O)[C@@H](O)[C@@H]4O)[C@@H](O)[C@H](O)O[C@@H]3CO)[C@@H]2O)O[C@H](CO)[C@@H](O)[C@@H]1O[C@@H]1O[C@H](CO)[C@H](O)[C@H](O[C@]2(C(=O)O)C[C@H](O)[C@@H](NC(C)=O)[C@H]([C@H](O)[C@H](O)CO)O2)[C@H]1O. The number of carbonyl (C=O) groups is 3. The first-order chi connectivity index (χ1) is 36.7. The van der Waals surface area contributed by atoms with Crippen molar-refractivity contribution >= 4 is 17.8 Å². The maximum absolute atomic E-state index is 13.1. The minimum absolute atomic E-state index is 0.833. The molecule has 35 heteroatoms. The van der Waals surface area contributed by atoms with Gasteiger partial charge < -0.3 is 160 Å². The standard InChI is InChI=1S/C43H72N2O33/c1-10-21(55)26(60)27(61)39(68-10)76-36-28(62)37(65)69-18(9-50)31(36)73-40-29(63)34(24(58)16(7-48)71-40)75-38-20(45-12(3)52)32(23(57)15(6-47)70-38)74-41-30(64)35(25(59)17(8-49)72-41)78-43(42(66)67)4-13(53)19(44-11(2)51)33(77-43)22(56)14(54)5-46/h10,13-41,46-50,53-65H,4-9H2,1-3H3,(H,44,51)(H,45,52)(H,66,67)/t10-,13-,14+,15+,16+,17+,18+,19+,20+,21+,22+,23+,24-,25-,26+,27-,28+,29+,30+,31+,32+,33+,34-,35-,36+,37+,38-,39-,40-,41-,43-/m0/s1. The third-order valence-electron chi connectivity index (χ3n) is 14.2. The molecular formula is C43H72N2O33. The van der Waals surface area contributed by atoms with Gasteiger partial charge in [0.25, 0.3) is 5.79 Å². The highest BCUT2D eigenvalue weighted by Gasteiger charge is 2.61. The molecule has 6 saturated heterocycles. The highest BCUT2D eigenvalue weighted by Crippen LogP contribution is 2.40. The molecule has 0 spiro atoms. The van der Waals surface area contributed by atoms with E-state index in [1.54, 1.807) is 0 Å². The second kappa shape index (κ2) is 27.1. The number of rotatable bonds is 20. The van der Waals surface area contributed by atoms with Crippen LogP contribution in [0.5, 0.6) is 0 Å². The van der Waals surface area contributed by atoms with E-state index in [-0.39, 0.29) is 0 Å². The van der Waals surface area contributed by atoms with Gasteiger partial charge in [0, 0.05) is 20.3 Å². The molecule has 0 aromatic carbocycles. The van der Waals surface area contributed by atoms with Gasteiger partial charge in [-0.1, -0.05) is 0 Å². The van der Waals surface area contributed by atoms with Gasteiger partial charge in [-0.3, -0.25) is 9.59 Å². The smallest absolute Gasteiger partial charge is 0.364 e. The Kier molecular flexibility index (Phi) is 22.4. The fraction of sp³-hybridized carbons (Fsp3) is 0.930. The van der Waals surface area contributed by atoms with Crippen molar-refractivity contribution in [3.63, 3.8) is 0 Å². The molecule has 6 rings (SSSR count). The first-order valence-corrected chi connectivity index (χ1v) is 24.6. The van der Waals surface area contributed by atoms with Crippen molar-refractivity contribution in [3.05, 3.63) is 0 Å². The summed E-state index contributed by atoms with van der Waals surface area (Å²) in [4.78, 5) is 38.0. The van der Waals surface area contributed by atoms with Crippen molar-refractivity contribution < 1.29 is 164 Å². The van der Waals surface area contributed by atoms with Gasteiger partial charge in [0.15, 0.2) is 31.5 Å². The lowest BCUT2D eigenvalue weighted by Crippen LogP contribution is -2.71. The molecule has 0 bridgehead atoms. The van der Waals surface area contributed by atoms with E-state index in [9.17, 15) is 111 Å². The maximum Gasteiger partial charge on any atom is 0.364 e. The fourth-order valence-electron chi connectivity index (χ4n) is 9.95. The van der Waals surface area contributed by atoms with Crippen LogP contribution >= 0.6 is 0 Å². The van der Waals surface area contributed by atoms with Crippen molar-refractivity contribution in [2.45, 2.75) is 217 Å². The van der Waals surface area contributed by atoms with E-state index in [2.05, 4.69) is 10.6 Å². The van der Waals surface area contributed by atoms with Crippen LogP contribution in [0.25, 0.3) is 0 Å². The van der Waals surface area contributed by atoms with Crippen LogP contribution in [-0.4, -0.2) is 338 Å². The van der Waals surface area contributed by atoms with Crippen LogP contribution in [-0.2, 0) is 66.5 Å². The number of hydrogen-bond acceptors (Lipinski definition) is 32. The van der Waals surface area contributed by atoms with Crippen LogP contribution in [0.1, 0.15) is 27.2 Å². The predicted octanol–water partition coefficient (Wildman–Crippen LogP) is -13.6. The van der Waals surface area contributed by atoms with Crippen molar-refractivity contribution in [1.29, 1.82) is 0 Å². The lowest BCUT2D eigenvalue weighted by atomic mass is 9.88. The summed E-state index contributed by atoms with van der Waals surface area (Å²) in [5.41, 5.74) is 0. The summed E-state index contributed by atoms with van der Waals surface area (Å²) >= 11 is 0. The lowest BCUT2D eigenvalue weighted by molar-refractivity contribution is -0.395. The van der Waals surface area contributed by atoms with Crippen LogP contribution in [0.3, 0.4) is 0 Å². The molecule has 0 aromatic rings. The number of ether oxygens (including phenoxy) is 11. The lowest BCUT2D eigenvalue weighted by Gasteiger charge is -2.51. The van der Waals surface area contributed by atoms with Crippen molar-refractivity contribution in [2.24, 2.45) is 0 Å². The van der Waals surface area contributed by atoms with Crippen molar-refractivity contribution in [3.8, 4) is 0 Å². The van der Waals surface area contributed by atoms with E-state index >= 15 is 0 Å². The summed E-state index contributed by atoms with van der Waals surface area (Å²) in [6.45, 7) is -2.27. The van der Waals surface area contributed by atoms with E-state index in [0.29, 0.717) is 0 Å². The van der Waals surface area contributed by atoms with Gasteiger partial charge in [0.05, 0.1) is 51.3 Å². The Bertz CT molecular complexity index is 1950. The molecule has 21 N–H and O–H groups in total. The fourth-order valence-corrected chi connectivity index (χ4v) is 9.95. The minimum atomic E-state index is -3.22. The van der Waals surface area contributed by atoms with Crippen molar-refractivity contribution in [2.75, 3.05) is 33.0 Å². The Morgan fingerprint density at radius 2 is 0.987 bits per heavy atom. The molecule has 2 amide bonds.